The Hall–Kier alpha value is -3.77. The molecule has 0 radical (unpaired) electrons. The number of amides is 2. The highest BCUT2D eigenvalue weighted by molar-refractivity contribution is 6.31. The number of aromatic nitrogens is 1. The molecule has 1 fully saturated rings. The fourth-order valence-electron chi connectivity index (χ4n) is 5.79. The van der Waals surface area contributed by atoms with Crippen LogP contribution < -0.4 is 4.74 Å². The zero-order chi connectivity index (χ0) is 25.0. The molecule has 7 heteroatoms. The molecule has 2 aliphatic rings. The quantitative estimate of drug-likeness (QED) is 0.427. The van der Waals surface area contributed by atoms with Crippen LogP contribution in [0.15, 0.2) is 72.8 Å². The summed E-state index contributed by atoms with van der Waals surface area (Å²) in [5, 5.41) is 1.70. The lowest BCUT2D eigenvalue weighted by Crippen LogP contribution is -2.67. The smallest absolute Gasteiger partial charge is 0.255 e. The molecule has 3 aromatic carbocycles. The van der Waals surface area contributed by atoms with E-state index in [0.717, 1.165) is 39.0 Å². The van der Waals surface area contributed by atoms with Gasteiger partial charge in [-0.3, -0.25) is 9.59 Å². The van der Waals surface area contributed by atoms with Gasteiger partial charge in [-0.1, -0.05) is 60.1 Å². The molecule has 0 unspecified atom stereocenters. The largest absolute Gasteiger partial charge is 0.497 e. The minimum atomic E-state index is -1.14. The molecule has 0 bridgehead atoms. The van der Waals surface area contributed by atoms with Crippen LogP contribution in [0.2, 0.25) is 5.02 Å². The zero-order valence-electron chi connectivity index (χ0n) is 20.1. The van der Waals surface area contributed by atoms with E-state index >= 15 is 0 Å². The number of H-pyrrole nitrogens is 1. The zero-order valence-corrected chi connectivity index (χ0v) is 20.9. The van der Waals surface area contributed by atoms with Gasteiger partial charge in [0, 0.05) is 34.9 Å². The lowest BCUT2D eigenvalue weighted by molar-refractivity contribution is -0.166. The molecule has 6 nitrogen and oxygen atoms in total. The van der Waals surface area contributed by atoms with Gasteiger partial charge >= 0.3 is 0 Å². The molecule has 36 heavy (non-hydrogen) atoms. The molecule has 2 amide bonds. The van der Waals surface area contributed by atoms with E-state index in [1.54, 1.807) is 16.9 Å². The van der Waals surface area contributed by atoms with Crippen molar-refractivity contribution in [1.82, 2.24) is 14.8 Å². The van der Waals surface area contributed by atoms with Crippen molar-refractivity contribution in [3.05, 3.63) is 100 Å². The van der Waals surface area contributed by atoms with Crippen LogP contribution in [0.4, 0.5) is 0 Å². The highest BCUT2D eigenvalue weighted by atomic mass is 35.5. The molecule has 1 saturated heterocycles. The van der Waals surface area contributed by atoms with Gasteiger partial charge in [0.25, 0.3) is 5.91 Å². The lowest BCUT2D eigenvalue weighted by Gasteiger charge is -2.51. The second-order valence-corrected chi connectivity index (χ2v) is 10.0. The number of benzene rings is 3. The SMILES string of the molecule is COc1ccc(CN2CC(=O)N3C[C@H](c4ccccc4Cl)c4c([nH]c5ccccc45)[C@@]3(C)C2=O)cc1. The first-order valence-corrected chi connectivity index (χ1v) is 12.4. The van der Waals surface area contributed by atoms with Gasteiger partial charge < -0.3 is 19.5 Å². The van der Waals surface area contributed by atoms with Crippen LogP contribution in [0.25, 0.3) is 10.9 Å². The second kappa shape index (κ2) is 8.42. The van der Waals surface area contributed by atoms with Gasteiger partial charge in [-0.25, -0.2) is 0 Å². The Bertz CT molecular complexity index is 1500. The number of carbonyl (C=O) groups excluding carboxylic acids is 2. The van der Waals surface area contributed by atoms with Crippen molar-refractivity contribution in [2.24, 2.45) is 0 Å². The average Bonchev–Trinajstić information content (AvgIpc) is 3.29. The standard InChI is InChI=1S/C29H26ClN3O3/c1-29-27-26(21-8-4-6-10-24(21)31-27)22(20-7-3-5-9-23(20)30)16-33(29)25(34)17-32(28(29)35)15-18-11-13-19(36-2)14-12-18/h3-14,22,31H,15-17H2,1-2H3/t22-,29+/m1/s1. The summed E-state index contributed by atoms with van der Waals surface area (Å²) in [6.07, 6.45) is 0. The second-order valence-electron chi connectivity index (χ2n) is 9.62. The van der Waals surface area contributed by atoms with Crippen molar-refractivity contribution in [2.45, 2.75) is 24.9 Å². The predicted molar refractivity (Wildman–Crippen MR) is 139 cm³/mol. The number of fused-ring (bicyclic) bond motifs is 5. The summed E-state index contributed by atoms with van der Waals surface area (Å²) in [6, 6.07) is 23.4. The maximum absolute atomic E-state index is 14.2. The molecule has 3 heterocycles. The highest BCUT2D eigenvalue weighted by Crippen LogP contribution is 2.49. The Morgan fingerprint density at radius 2 is 1.75 bits per heavy atom. The summed E-state index contributed by atoms with van der Waals surface area (Å²) in [5.74, 6) is 0.427. The number of rotatable bonds is 4. The maximum Gasteiger partial charge on any atom is 0.255 e. The van der Waals surface area contributed by atoms with Crippen LogP contribution in [0.1, 0.15) is 35.2 Å². The van der Waals surface area contributed by atoms with E-state index in [-0.39, 0.29) is 24.3 Å². The van der Waals surface area contributed by atoms with Gasteiger partial charge in [-0.2, -0.15) is 0 Å². The Kier molecular flexibility index (Phi) is 5.30. The normalized spacial score (nSPS) is 21.5. The van der Waals surface area contributed by atoms with Crippen molar-refractivity contribution in [3.8, 4) is 5.75 Å². The molecule has 0 saturated carbocycles. The van der Waals surface area contributed by atoms with Gasteiger partial charge in [-0.05, 0) is 47.9 Å². The summed E-state index contributed by atoms with van der Waals surface area (Å²) in [4.78, 5) is 34.7. The molecule has 1 N–H and O–H groups in total. The van der Waals surface area contributed by atoms with Gasteiger partial charge in [-0.15, -0.1) is 0 Å². The van der Waals surface area contributed by atoms with Crippen molar-refractivity contribution in [2.75, 3.05) is 20.2 Å². The van der Waals surface area contributed by atoms with E-state index in [0.29, 0.717) is 18.1 Å². The van der Waals surface area contributed by atoms with Crippen LogP contribution >= 0.6 is 11.6 Å². The number of methoxy groups -OCH3 is 1. The van der Waals surface area contributed by atoms with Crippen molar-refractivity contribution < 1.29 is 14.3 Å². The van der Waals surface area contributed by atoms with E-state index in [1.807, 2.05) is 73.7 Å². The van der Waals surface area contributed by atoms with E-state index < -0.39 is 5.54 Å². The Morgan fingerprint density at radius 1 is 1.03 bits per heavy atom. The number of nitrogens with one attached hydrogen (secondary N) is 1. The van der Waals surface area contributed by atoms with Gasteiger partial charge in [0.05, 0.1) is 12.8 Å². The van der Waals surface area contributed by atoms with Crippen LogP contribution in [0.5, 0.6) is 5.75 Å². The number of nitrogens with zero attached hydrogens (tertiary/aromatic N) is 2. The van der Waals surface area contributed by atoms with E-state index in [9.17, 15) is 9.59 Å². The van der Waals surface area contributed by atoms with E-state index in [4.69, 9.17) is 16.3 Å². The van der Waals surface area contributed by atoms with E-state index in [2.05, 4.69) is 11.1 Å². The molecule has 0 spiro atoms. The summed E-state index contributed by atoms with van der Waals surface area (Å²) in [7, 11) is 1.62. The monoisotopic (exact) mass is 499 g/mol. The first-order valence-electron chi connectivity index (χ1n) is 12.0. The predicted octanol–water partition coefficient (Wildman–Crippen LogP) is 5.06. The van der Waals surface area contributed by atoms with Gasteiger partial charge in [0.2, 0.25) is 5.91 Å². The van der Waals surface area contributed by atoms with Crippen molar-refractivity contribution in [3.63, 3.8) is 0 Å². The molecule has 2 aliphatic heterocycles. The number of aromatic amines is 1. The topological polar surface area (TPSA) is 65.6 Å². The number of hydrogen-bond donors (Lipinski definition) is 1. The lowest BCUT2D eigenvalue weighted by atomic mass is 9.76. The summed E-state index contributed by atoms with van der Waals surface area (Å²) in [5.41, 5.74) is 3.48. The number of piperazine rings is 1. The molecule has 6 rings (SSSR count). The molecule has 4 aromatic rings. The number of ether oxygens (including phenoxy) is 1. The van der Waals surface area contributed by atoms with Crippen LogP contribution in [0.3, 0.4) is 0 Å². The number of carbonyl (C=O) groups is 2. The van der Waals surface area contributed by atoms with Crippen molar-refractivity contribution in [1.29, 1.82) is 0 Å². The van der Waals surface area contributed by atoms with Crippen molar-refractivity contribution >= 4 is 34.3 Å². The number of halogens is 1. The fraction of sp³-hybridized carbons (Fsp3) is 0.241. The fourth-order valence-corrected chi connectivity index (χ4v) is 6.06. The first kappa shape index (κ1) is 22.7. The Morgan fingerprint density at radius 3 is 2.50 bits per heavy atom. The molecule has 2 atom stereocenters. The van der Waals surface area contributed by atoms with Crippen LogP contribution in [-0.4, -0.2) is 46.8 Å². The maximum atomic E-state index is 14.2. The van der Waals surface area contributed by atoms with Crippen LogP contribution in [-0.2, 0) is 21.7 Å². The summed E-state index contributed by atoms with van der Waals surface area (Å²) in [6.45, 7) is 2.63. The summed E-state index contributed by atoms with van der Waals surface area (Å²) < 4.78 is 5.25. The van der Waals surface area contributed by atoms with Gasteiger partial charge in [0.1, 0.15) is 12.3 Å². The third kappa shape index (κ3) is 3.32. The molecule has 182 valence electrons. The highest BCUT2D eigenvalue weighted by Gasteiger charge is 2.56. The molecule has 0 aliphatic carbocycles. The number of para-hydroxylation sites is 1. The first-order chi connectivity index (χ1) is 17.4. The Labute approximate surface area is 214 Å². The molecular formula is C29H26ClN3O3. The third-order valence-corrected chi connectivity index (χ3v) is 7.97. The minimum absolute atomic E-state index is 0.0330. The van der Waals surface area contributed by atoms with E-state index in [1.165, 1.54) is 0 Å². The summed E-state index contributed by atoms with van der Waals surface area (Å²) >= 11 is 6.65. The van der Waals surface area contributed by atoms with Gasteiger partial charge in [0.15, 0.2) is 5.54 Å². The third-order valence-electron chi connectivity index (χ3n) is 7.63. The molecular weight excluding hydrogens is 474 g/mol. The van der Waals surface area contributed by atoms with Crippen LogP contribution in [0, 0.1) is 0 Å². The number of hydrogen-bond acceptors (Lipinski definition) is 3. The Balaban J connectivity index is 1.48. The average molecular weight is 500 g/mol. The molecule has 1 aromatic heterocycles. The minimum Gasteiger partial charge on any atom is -0.497 e.